The summed E-state index contributed by atoms with van der Waals surface area (Å²) < 4.78 is 7.01. The van der Waals surface area contributed by atoms with Crippen LogP contribution in [0.4, 0.5) is 11.5 Å². The van der Waals surface area contributed by atoms with Gasteiger partial charge >= 0.3 is 5.82 Å². The molecule has 0 aliphatic carbocycles. The zero-order chi connectivity index (χ0) is 18.0. The highest BCUT2D eigenvalue weighted by molar-refractivity contribution is 9.10. The van der Waals surface area contributed by atoms with Crippen LogP contribution in [-0.4, -0.2) is 25.7 Å². The Morgan fingerprint density at radius 2 is 2.12 bits per heavy atom. The van der Waals surface area contributed by atoms with Gasteiger partial charge in [-0.25, -0.2) is 0 Å². The molecular weight excluding hydrogens is 396 g/mol. The van der Waals surface area contributed by atoms with Gasteiger partial charge < -0.3 is 25.0 Å². The van der Waals surface area contributed by atoms with Crippen LogP contribution in [0.2, 0.25) is 0 Å². The van der Waals surface area contributed by atoms with Gasteiger partial charge in [-0.05, 0) is 45.1 Å². The van der Waals surface area contributed by atoms with E-state index in [4.69, 9.17) is 4.42 Å². The van der Waals surface area contributed by atoms with Crippen molar-refractivity contribution >= 4 is 33.3 Å². The predicted molar refractivity (Wildman–Crippen MR) is 90.5 cm³/mol. The summed E-state index contributed by atoms with van der Waals surface area (Å²) in [6.45, 7) is 0.121. The molecule has 0 aliphatic rings. The molecule has 1 aromatic carbocycles. The summed E-state index contributed by atoms with van der Waals surface area (Å²) in [5.41, 5.74) is 0.261. The molecule has 0 saturated heterocycles. The van der Waals surface area contributed by atoms with E-state index in [1.165, 1.54) is 23.0 Å². The second kappa shape index (κ2) is 6.77. The second-order valence-corrected chi connectivity index (χ2v) is 5.85. The number of hydrogen-bond donors (Lipinski definition) is 2. The lowest BCUT2D eigenvalue weighted by molar-refractivity contribution is -0.390. The molecule has 0 fully saturated rings. The molecule has 128 valence electrons. The van der Waals surface area contributed by atoms with Gasteiger partial charge in [0.1, 0.15) is 22.5 Å². The number of phenolic OH excluding ortho intramolecular Hbond substituents is 1. The van der Waals surface area contributed by atoms with Crippen molar-refractivity contribution in [2.75, 3.05) is 5.32 Å². The standard InChI is InChI=1S/C15H11BrN4O5/c16-10-8-19(18-14(10)20(23)24)7-9-5-6-13(25-9)15(22)17-11-3-1-2-4-12(11)21/h1-6,8,21H,7H2,(H,17,22). The van der Waals surface area contributed by atoms with Crippen molar-refractivity contribution < 1.29 is 19.2 Å². The quantitative estimate of drug-likeness (QED) is 0.381. The lowest BCUT2D eigenvalue weighted by atomic mass is 10.3. The van der Waals surface area contributed by atoms with Crippen LogP contribution >= 0.6 is 15.9 Å². The molecule has 2 heterocycles. The van der Waals surface area contributed by atoms with E-state index in [9.17, 15) is 20.0 Å². The molecule has 0 spiro atoms. The second-order valence-electron chi connectivity index (χ2n) is 4.99. The van der Waals surface area contributed by atoms with E-state index in [2.05, 4.69) is 26.3 Å². The van der Waals surface area contributed by atoms with Crippen LogP contribution in [0.25, 0.3) is 0 Å². The summed E-state index contributed by atoms with van der Waals surface area (Å²) in [5, 5.41) is 26.8. The monoisotopic (exact) mass is 406 g/mol. The van der Waals surface area contributed by atoms with Gasteiger partial charge in [-0.3, -0.25) is 4.79 Å². The number of benzene rings is 1. The first-order chi connectivity index (χ1) is 11.9. The third kappa shape index (κ3) is 3.69. The van der Waals surface area contributed by atoms with Crippen molar-refractivity contribution in [1.29, 1.82) is 0 Å². The number of rotatable bonds is 5. The number of nitro groups is 1. The molecule has 9 nitrogen and oxygen atoms in total. The number of nitrogens with zero attached hydrogens (tertiary/aromatic N) is 3. The van der Waals surface area contributed by atoms with E-state index in [0.29, 0.717) is 5.76 Å². The molecule has 0 bridgehead atoms. The highest BCUT2D eigenvalue weighted by Gasteiger charge is 2.20. The first-order valence-corrected chi connectivity index (χ1v) is 7.79. The predicted octanol–water partition coefficient (Wildman–Crippen LogP) is 3.15. The molecule has 0 aliphatic heterocycles. The molecule has 3 rings (SSSR count). The van der Waals surface area contributed by atoms with Crippen LogP contribution in [0, 0.1) is 10.1 Å². The smallest absolute Gasteiger partial charge is 0.404 e. The van der Waals surface area contributed by atoms with E-state index < -0.39 is 10.8 Å². The SMILES string of the molecule is O=C(Nc1ccccc1O)c1ccc(Cn2cc(Br)c([N+](=O)[O-])n2)o1. The van der Waals surface area contributed by atoms with Crippen LogP contribution in [-0.2, 0) is 6.54 Å². The Hall–Kier alpha value is -3.14. The number of hydrogen-bond acceptors (Lipinski definition) is 6. The number of aromatic nitrogens is 2. The van der Waals surface area contributed by atoms with Crippen LogP contribution in [0.15, 0.2) is 51.5 Å². The highest BCUT2D eigenvalue weighted by atomic mass is 79.9. The fourth-order valence-electron chi connectivity index (χ4n) is 2.10. The van der Waals surface area contributed by atoms with Crippen molar-refractivity contribution in [3.8, 4) is 5.75 Å². The molecule has 10 heteroatoms. The number of amides is 1. The molecule has 2 aromatic heterocycles. The summed E-state index contributed by atoms with van der Waals surface area (Å²) in [7, 11) is 0. The molecule has 0 radical (unpaired) electrons. The number of halogens is 1. The summed E-state index contributed by atoms with van der Waals surface area (Å²) in [6.07, 6.45) is 1.45. The Morgan fingerprint density at radius 1 is 1.36 bits per heavy atom. The van der Waals surface area contributed by atoms with E-state index in [1.807, 2.05) is 0 Å². The zero-order valence-corrected chi connectivity index (χ0v) is 14.1. The summed E-state index contributed by atoms with van der Waals surface area (Å²) in [5.74, 6) is -0.452. The van der Waals surface area contributed by atoms with Crippen LogP contribution in [0.3, 0.4) is 0 Å². The number of para-hydroxylation sites is 2. The van der Waals surface area contributed by atoms with Crippen molar-refractivity contribution in [1.82, 2.24) is 9.78 Å². The Bertz CT molecular complexity index is 949. The van der Waals surface area contributed by atoms with E-state index in [1.54, 1.807) is 24.3 Å². The molecule has 3 aromatic rings. The van der Waals surface area contributed by atoms with Gasteiger partial charge in [0.15, 0.2) is 5.76 Å². The van der Waals surface area contributed by atoms with Crippen molar-refractivity contribution in [3.63, 3.8) is 0 Å². The number of carbonyl (C=O) groups excluding carboxylic acids is 1. The van der Waals surface area contributed by atoms with Gasteiger partial charge in [0.25, 0.3) is 5.91 Å². The number of furan rings is 1. The molecule has 25 heavy (non-hydrogen) atoms. The van der Waals surface area contributed by atoms with E-state index >= 15 is 0 Å². The van der Waals surface area contributed by atoms with Gasteiger partial charge in [0.05, 0.1) is 17.0 Å². The van der Waals surface area contributed by atoms with Gasteiger partial charge in [-0.1, -0.05) is 12.1 Å². The minimum atomic E-state index is -0.603. The normalized spacial score (nSPS) is 10.6. The number of phenols is 1. The molecular formula is C15H11BrN4O5. The third-order valence-electron chi connectivity index (χ3n) is 3.23. The minimum absolute atomic E-state index is 0.0407. The Labute approximate surface area is 149 Å². The van der Waals surface area contributed by atoms with Gasteiger partial charge in [0, 0.05) is 0 Å². The number of nitrogens with one attached hydrogen (secondary N) is 1. The molecule has 0 unspecified atom stereocenters. The Morgan fingerprint density at radius 3 is 2.80 bits per heavy atom. The lowest BCUT2D eigenvalue weighted by Gasteiger charge is -2.04. The van der Waals surface area contributed by atoms with Crippen LogP contribution in [0.1, 0.15) is 16.3 Å². The maximum Gasteiger partial charge on any atom is 0.404 e. The fourth-order valence-corrected chi connectivity index (χ4v) is 2.56. The first kappa shape index (κ1) is 16.7. The summed E-state index contributed by atoms with van der Waals surface area (Å²) in [4.78, 5) is 22.3. The maximum atomic E-state index is 12.1. The molecule has 0 atom stereocenters. The lowest BCUT2D eigenvalue weighted by Crippen LogP contribution is -2.11. The topological polar surface area (TPSA) is 123 Å². The van der Waals surface area contributed by atoms with Crippen molar-refractivity contribution in [2.24, 2.45) is 0 Å². The number of anilines is 1. The van der Waals surface area contributed by atoms with Crippen LogP contribution in [0.5, 0.6) is 5.75 Å². The largest absolute Gasteiger partial charge is 0.506 e. The average Bonchev–Trinajstić information content (AvgIpc) is 3.16. The maximum absolute atomic E-state index is 12.1. The molecule has 1 amide bonds. The highest BCUT2D eigenvalue weighted by Crippen LogP contribution is 2.24. The van der Waals surface area contributed by atoms with E-state index in [-0.39, 0.29) is 34.0 Å². The zero-order valence-electron chi connectivity index (χ0n) is 12.5. The van der Waals surface area contributed by atoms with Gasteiger partial charge in [-0.15, -0.1) is 0 Å². The first-order valence-electron chi connectivity index (χ1n) is 6.99. The fraction of sp³-hybridized carbons (Fsp3) is 0.0667. The van der Waals surface area contributed by atoms with Gasteiger partial charge in [0.2, 0.25) is 0 Å². The van der Waals surface area contributed by atoms with E-state index in [0.717, 1.165) is 0 Å². The average molecular weight is 407 g/mol. The summed E-state index contributed by atoms with van der Waals surface area (Å²) >= 11 is 3.06. The summed E-state index contributed by atoms with van der Waals surface area (Å²) in [6, 6.07) is 9.35. The molecule has 2 N–H and O–H groups in total. The third-order valence-corrected chi connectivity index (χ3v) is 3.79. The van der Waals surface area contributed by atoms with Gasteiger partial charge in [-0.2, -0.15) is 4.68 Å². The number of aromatic hydroxyl groups is 1. The van der Waals surface area contributed by atoms with Crippen molar-refractivity contribution in [3.05, 3.63) is 68.7 Å². The Balaban J connectivity index is 1.72. The Kier molecular flexibility index (Phi) is 4.52. The van der Waals surface area contributed by atoms with Crippen molar-refractivity contribution in [2.45, 2.75) is 6.54 Å². The minimum Gasteiger partial charge on any atom is -0.506 e. The van der Waals surface area contributed by atoms with Crippen LogP contribution < -0.4 is 5.32 Å². The number of carbonyl (C=O) groups is 1. The molecule has 0 saturated carbocycles.